The van der Waals surface area contributed by atoms with Crippen molar-refractivity contribution in [2.45, 2.75) is 11.8 Å². The molecule has 0 saturated heterocycles. The summed E-state index contributed by atoms with van der Waals surface area (Å²) in [6.45, 7) is 1.87. The highest BCUT2D eigenvalue weighted by atomic mass is 32.2. The third kappa shape index (κ3) is 3.18. The molecular formula is C22H17NO4S. The Hall–Kier alpha value is -3.38. The Kier molecular flexibility index (Phi) is 4.49. The van der Waals surface area contributed by atoms with Crippen molar-refractivity contribution in [3.63, 3.8) is 0 Å². The normalized spacial score (nSPS) is 11.5. The molecule has 5 nitrogen and oxygen atoms in total. The van der Waals surface area contributed by atoms with Crippen molar-refractivity contribution in [3.8, 4) is 0 Å². The van der Waals surface area contributed by atoms with Gasteiger partial charge in [-0.05, 0) is 43.3 Å². The Labute approximate surface area is 162 Å². The van der Waals surface area contributed by atoms with Crippen molar-refractivity contribution >= 4 is 32.6 Å². The summed E-state index contributed by atoms with van der Waals surface area (Å²) in [6.07, 6.45) is 0. The van der Waals surface area contributed by atoms with Crippen LogP contribution in [0.1, 0.15) is 16.1 Å². The van der Waals surface area contributed by atoms with Crippen molar-refractivity contribution in [3.05, 3.63) is 96.3 Å². The molecule has 0 aliphatic rings. The Bertz CT molecular complexity index is 1210. The third-order valence-electron chi connectivity index (χ3n) is 4.37. The molecule has 0 bridgehead atoms. The van der Waals surface area contributed by atoms with Gasteiger partial charge in [-0.25, -0.2) is 8.42 Å². The Morgan fingerprint density at radius 3 is 2.18 bits per heavy atom. The maximum atomic E-state index is 13.3. The lowest BCUT2D eigenvalue weighted by Crippen LogP contribution is -2.36. The number of rotatable bonds is 4. The molecule has 0 aliphatic heterocycles. The van der Waals surface area contributed by atoms with Crippen molar-refractivity contribution in [2.75, 3.05) is 4.31 Å². The van der Waals surface area contributed by atoms with E-state index in [1.54, 1.807) is 66.7 Å². The number of carbonyl (C=O) groups excluding carboxylic acids is 1. The zero-order valence-corrected chi connectivity index (χ0v) is 15.9. The standard InChI is InChI=1S/C22H17NO4S/c1-16-11-13-19(14-12-16)28(25,26)23(18-8-3-2-4-9-18)22(24)21-15-17-7-5-6-10-20(17)27-21/h2-15H,1H3. The number of para-hydroxylation sites is 2. The van der Waals surface area contributed by atoms with E-state index in [-0.39, 0.29) is 16.3 Å². The summed E-state index contributed by atoms with van der Waals surface area (Å²) in [5.41, 5.74) is 1.69. The Morgan fingerprint density at radius 1 is 0.857 bits per heavy atom. The Balaban J connectivity index is 1.86. The van der Waals surface area contributed by atoms with Gasteiger partial charge in [-0.1, -0.05) is 54.1 Å². The van der Waals surface area contributed by atoms with Crippen LogP contribution in [0.15, 0.2) is 94.2 Å². The van der Waals surface area contributed by atoms with Crippen molar-refractivity contribution < 1.29 is 17.6 Å². The molecule has 3 aromatic carbocycles. The van der Waals surface area contributed by atoms with Crippen LogP contribution in [0.4, 0.5) is 5.69 Å². The molecule has 0 radical (unpaired) electrons. The maximum Gasteiger partial charge on any atom is 0.308 e. The first-order valence-corrected chi connectivity index (χ1v) is 10.1. The molecule has 140 valence electrons. The second kappa shape index (κ2) is 6.98. The fourth-order valence-corrected chi connectivity index (χ4v) is 4.33. The van der Waals surface area contributed by atoms with E-state index in [1.807, 2.05) is 13.0 Å². The number of carbonyl (C=O) groups is 1. The average molecular weight is 391 g/mol. The highest BCUT2D eigenvalue weighted by molar-refractivity contribution is 7.93. The van der Waals surface area contributed by atoms with Crippen LogP contribution in [-0.4, -0.2) is 14.3 Å². The van der Waals surface area contributed by atoms with E-state index in [0.717, 1.165) is 15.3 Å². The van der Waals surface area contributed by atoms with Crippen LogP contribution >= 0.6 is 0 Å². The maximum absolute atomic E-state index is 13.3. The molecule has 0 aliphatic carbocycles. The van der Waals surface area contributed by atoms with Crippen LogP contribution in [-0.2, 0) is 10.0 Å². The van der Waals surface area contributed by atoms with Crippen LogP contribution in [0.3, 0.4) is 0 Å². The highest BCUT2D eigenvalue weighted by Gasteiger charge is 2.33. The van der Waals surface area contributed by atoms with Gasteiger partial charge in [0.15, 0.2) is 5.76 Å². The van der Waals surface area contributed by atoms with E-state index in [1.165, 1.54) is 12.1 Å². The van der Waals surface area contributed by atoms with Gasteiger partial charge in [-0.15, -0.1) is 0 Å². The van der Waals surface area contributed by atoms with E-state index in [4.69, 9.17) is 4.42 Å². The third-order valence-corrected chi connectivity index (χ3v) is 6.10. The lowest BCUT2D eigenvalue weighted by molar-refractivity contribution is 0.0981. The number of benzene rings is 3. The second-order valence-corrected chi connectivity index (χ2v) is 8.16. The zero-order valence-electron chi connectivity index (χ0n) is 15.1. The number of amides is 1. The second-order valence-electron chi connectivity index (χ2n) is 6.37. The number of nitrogens with zero attached hydrogens (tertiary/aromatic N) is 1. The van der Waals surface area contributed by atoms with E-state index in [0.29, 0.717) is 5.58 Å². The minimum absolute atomic E-state index is 0.0337. The van der Waals surface area contributed by atoms with Gasteiger partial charge < -0.3 is 4.42 Å². The molecule has 1 heterocycles. The minimum atomic E-state index is -4.13. The summed E-state index contributed by atoms with van der Waals surface area (Å²) < 4.78 is 33.1. The van der Waals surface area contributed by atoms with Gasteiger partial charge in [-0.2, -0.15) is 4.31 Å². The van der Waals surface area contributed by atoms with E-state index >= 15 is 0 Å². The van der Waals surface area contributed by atoms with Crippen LogP contribution in [0.25, 0.3) is 11.0 Å². The largest absolute Gasteiger partial charge is 0.451 e. The van der Waals surface area contributed by atoms with Crippen LogP contribution < -0.4 is 4.31 Å². The first kappa shape index (κ1) is 18.0. The quantitative estimate of drug-likeness (QED) is 0.502. The summed E-state index contributed by atoms with van der Waals surface area (Å²) in [5.74, 6) is -0.788. The zero-order chi connectivity index (χ0) is 19.7. The number of furan rings is 1. The number of hydrogen-bond acceptors (Lipinski definition) is 4. The number of hydrogen-bond donors (Lipinski definition) is 0. The number of fused-ring (bicyclic) bond motifs is 1. The van der Waals surface area contributed by atoms with Crippen LogP contribution in [0.5, 0.6) is 0 Å². The van der Waals surface area contributed by atoms with Crippen molar-refractivity contribution in [2.24, 2.45) is 0 Å². The van der Waals surface area contributed by atoms with E-state index in [2.05, 4.69) is 0 Å². The van der Waals surface area contributed by atoms with Gasteiger partial charge in [0.1, 0.15) is 5.58 Å². The van der Waals surface area contributed by atoms with Crippen LogP contribution in [0.2, 0.25) is 0 Å². The molecule has 0 N–H and O–H groups in total. The summed E-state index contributed by atoms with van der Waals surface area (Å²) in [6, 6.07) is 23.3. The molecule has 1 aromatic heterocycles. The van der Waals surface area contributed by atoms with Gasteiger partial charge in [-0.3, -0.25) is 4.79 Å². The molecule has 0 atom stereocenters. The molecule has 0 fully saturated rings. The summed E-state index contributed by atoms with van der Waals surface area (Å²) in [4.78, 5) is 13.3. The number of aryl methyl sites for hydroxylation is 1. The molecule has 28 heavy (non-hydrogen) atoms. The smallest absolute Gasteiger partial charge is 0.308 e. The molecule has 0 saturated carbocycles. The summed E-state index contributed by atoms with van der Waals surface area (Å²) in [7, 11) is -4.13. The minimum Gasteiger partial charge on any atom is -0.451 e. The molecular weight excluding hydrogens is 374 g/mol. The lowest BCUT2D eigenvalue weighted by atomic mass is 10.2. The molecule has 0 spiro atoms. The van der Waals surface area contributed by atoms with E-state index in [9.17, 15) is 13.2 Å². The predicted octanol–water partition coefficient (Wildman–Crippen LogP) is 4.78. The molecule has 4 rings (SSSR count). The fourth-order valence-electron chi connectivity index (χ4n) is 2.93. The first-order chi connectivity index (χ1) is 13.5. The lowest BCUT2D eigenvalue weighted by Gasteiger charge is -2.21. The Morgan fingerprint density at radius 2 is 1.50 bits per heavy atom. The highest BCUT2D eigenvalue weighted by Crippen LogP contribution is 2.28. The monoisotopic (exact) mass is 391 g/mol. The predicted molar refractivity (Wildman–Crippen MR) is 108 cm³/mol. The fraction of sp³-hybridized carbons (Fsp3) is 0.0455. The summed E-state index contributed by atoms with van der Waals surface area (Å²) in [5, 5.41) is 0.728. The number of sulfonamides is 1. The molecule has 4 aromatic rings. The van der Waals surface area contributed by atoms with Gasteiger partial charge in [0.2, 0.25) is 0 Å². The van der Waals surface area contributed by atoms with Gasteiger partial charge >= 0.3 is 5.91 Å². The van der Waals surface area contributed by atoms with Gasteiger partial charge in [0.05, 0.1) is 10.6 Å². The van der Waals surface area contributed by atoms with E-state index < -0.39 is 15.9 Å². The molecule has 6 heteroatoms. The molecule has 1 amide bonds. The van der Waals surface area contributed by atoms with Crippen molar-refractivity contribution in [1.29, 1.82) is 0 Å². The molecule has 0 unspecified atom stereocenters. The van der Waals surface area contributed by atoms with Gasteiger partial charge in [0, 0.05) is 5.39 Å². The number of anilines is 1. The SMILES string of the molecule is Cc1ccc(S(=O)(=O)N(C(=O)c2cc3ccccc3o2)c2ccccc2)cc1. The van der Waals surface area contributed by atoms with Crippen molar-refractivity contribution in [1.82, 2.24) is 0 Å². The topological polar surface area (TPSA) is 67.6 Å². The van der Waals surface area contributed by atoms with Gasteiger partial charge in [0.25, 0.3) is 10.0 Å². The first-order valence-electron chi connectivity index (χ1n) is 8.67. The van der Waals surface area contributed by atoms with Crippen LogP contribution in [0, 0.1) is 6.92 Å². The summed E-state index contributed by atoms with van der Waals surface area (Å²) >= 11 is 0. The average Bonchev–Trinajstić information content (AvgIpc) is 3.13.